The average molecular weight is 305 g/mol. The van der Waals surface area contributed by atoms with Gasteiger partial charge in [-0.15, -0.1) is 0 Å². The van der Waals surface area contributed by atoms with Gasteiger partial charge < -0.3 is 10.4 Å². The molecular formula is C17H17F2NO2. The molecule has 0 fully saturated rings. The first kappa shape index (κ1) is 15.9. The van der Waals surface area contributed by atoms with Crippen molar-refractivity contribution in [3.05, 3.63) is 65.2 Å². The second kappa shape index (κ2) is 7.02. The van der Waals surface area contributed by atoms with Crippen LogP contribution in [0, 0.1) is 11.6 Å². The summed E-state index contributed by atoms with van der Waals surface area (Å²) in [6.07, 6.45) is 0.767. The van der Waals surface area contributed by atoms with Crippen LogP contribution >= 0.6 is 0 Å². The number of amides is 1. The normalized spacial score (nSPS) is 12.0. The fraction of sp³-hybridized carbons (Fsp3) is 0.235. The summed E-state index contributed by atoms with van der Waals surface area (Å²) in [6, 6.07) is 9.36. The molecule has 0 spiro atoms. The lowest BCUT2D eigenvalue weighted by molar-refractivity contribution is -0.121. The van der Waals surface area contributed by atoms with Gasteiger partial charge >= 0.3 is 0 Å². The van der Waals surface area contributed by atoms with Crippen molar-refractivity contribution in [2.45, 2.75) is 25.8 Å². The van der Waals surface area contributed by atoms with Gasteiger partial charge in [0.2, 0.25) is 5.91 Å². The van der Waals surface area contributed by atoms with E-state index >= 15 is 0 Å². The Kier molecular flexibility index (Phi) is 5.09. The minimum absolute atomic E-state index is 0.175. The maximum Gasteiger partial charge on any atom is 0.220 e. The third-order valence-electron chi connectivity index (χ3n) is 3.38. The van der Waals surface area contributed by atoms with Gasteiger partial charge in [-0.05, 0) is 37.1 Å². The van der Waals surface area contributed by atoms with Crippen LogP contribution in [0.4, 0.5) is 8.78 Å². The van der Waals surface area contributed by atoms with Crippen molar-refractivity contribution in [1.29, 1.82) is 0 Å². The van der Waals surface area contributed by atoms with Gasteiger partial charge in [-0.2, -0.15) is 0 Å². The van der Waals surface area contributed by atoms with E-state index in [0.717, 1.165) is 17.7 Å². The number of aromatic hydroxyl groups is 1. The maximum atomic E-state index is 13.6. The van der Waals surface area contributed by atoms with Gasteiger partial charge in [0.15, 0.2) is 0 Å². The van der Waals surface area contributed by atoms with E-state index in [4.69, 9.17) is 0 Å². The number of carbonyl (C=O) groups is 1. The summed E-state index contributed by atoms with van der Waals surface area (Å²) >= 11 is 0. The summed E-state index contributed by atoms with van der Waals surface area (Å²) < 4.78 is 26.5. The van der Waals surface area contributed by atoms with Crippen LogP contribution in [0.25, 0.3) is 0 Å². The molecule has 0 aliphatic carbocycles. The quantitative estimate of drug-likeness (QED) is 0.888. The largest absolute Gasteiger partial charge is 0.508 e. The van der Waals surface area contributed by atoms with Gasteiger partial charge in [-0.25, -0.2) is 8.78 Å². The standard InChI is InChI=1S/C17H17F2NO2/c1-11(15-8-5-13(18)10-16(15)19)20-17(22)9-4-12-2-6-14(21)7-3-12/h2-3,5-8,10-11,21H,4,9H2,1H3,(H,20,22). The van der Waals surface area contributed by atoms with Gasteiger partial charge in [0.25, 0.3) is 0 Å². The maximum absolute atomic E-state index is 13.6. The zero-order valence-electron chi connectivity index (χ0n) is 12.1. The van der Waals surface area contributed by atoms with Gasteiger partial charge in [0.05, 0.1) is 6.04 Å². The number of hydrogen-bond acceptors (Lipinski definition) is 2. The molecule has 3 nitrogen and oxygen atoms in total. The number of halogens is 2. The summed E-state index contributed by atoms with van der Waals surface area (Å²) in [4.78, 5) is 11.9. The number of aryl methyl sites for hydroxylation is 1. The molecule has 2 N–H and O–H groups in total. The van der Waals surface area contributed by atoms with Crippen molar-refractivity contribution >= 4 is 5.91 Å². The third kappa shape index (κ3) is 4.28. The first-order valence-corrected chi connectivity index (χ1v) is 6.98. The van der Waals surface area contributed by atoms with Crippen LogP contribution in [0.3, 0.4) is 0 Å². The highest BCUT2D eigenvalue weighted by molar-refractivity contribution is 5.76. The molecule has 0 aliphatic rings. The van der Waals surface area contributed by atoms with Crippen molar-refractivity contribution in [3.8, 4) is 5.75 Å². The van der Waals surface area contributed by atoms with Crippen molar-refractivity contribution in [3.63, 3.8) is 0 Å². The summed E-state index contributed by atoms with van der Waals surface area (Å²) in [5.41, 5.74) is 1.17. The average Bonchev–Trinajstić information content (AvgIpc) is 2.46. The number of benzene rings is 2. The molecule has 2 aromatic rings. The second-order valence-corrected chi connectivity index (χ2v) is 5.12. The highest BCUT2D eigenvalue weighted by Crippen LogP contribution is 2.18. The minimum Gasteiger partial charge on any atom is -0.508 e. The summed E-state index contributed by atoms with van der Waals surface area (Å²) in [5.74, 6) is -1.36. The Morgan fingerprint density at radius 1 is 1.18 bits per heavy atom. The van der Waals surface area contributed by atoms with E-state index < -0.39 is 17.7 Å². The summed E-state index contributed by atoms with van der Waals surface area (Å²) in [7, 11) is 0. The fourth-order valence-electron chi connectivity index (χ4n) is 2.16. The van der Waals surface area contributed by atoms with Crippen molar-refractivity contribution in [2.24, 2.45) is 0 Å². The van der Waals surface area contributed by atoms with Crippen LogP contribution in [0.5, 0.6) is 5.75 Å². The number of phenolic OH excluding ortho intramolecular Hbond substituents is 1. The van der Waals surface area contributed by atoms with Gasteiger partial charge in [-0.3, -0.25) is 4.79 Å². The smallest absolute Gasteiger partial charge is 0.220 e. The van der Waals surface area contributed by atoms with Gasteiger partial charge in [0.1, 0.15) is 17.4 Å². The Labute approximate surface area is 127 Å². The lowest BCUT2D eigenvalue weighted by Gasteiger charge is -2.15. The Hall–Kier alpha value is -2.43. The first-order valence-electron chi connectivity index (χ1n) is 6.98. The van der Waals surface area contributed by atoms with Crippen LogP contribution in [0.2, 0.25) is 0 Å². The monoisotopic (exact) mass is 305 g/mol. The Bertz CT molecular complexity index is 656. The number of hydrogen-bond donors (Lipinski definition) is 2. The Morgan fingerprint density at radius 2 is 1.86 bits per heavy atom. The third-order valence-corrected chi connectivity index (χ3v) is 3.38. The van der Waals surface area contributed by atoms with Gasteiger partial charge in [-0.1, -0.05) is 18.2 Å². The van der Waals surface area contributed by atoms with Crippen molar-refractivity contribution in [2.75, 3.05) is 0 Å². The predicted molar refractivity (Wildman–Crippen MR) is 79.3 cm³/mol. The zero-order valence-corrected chi connectivity index (χ0v) is 12.1. The molecule has 116 valence electrons. The van der Waals surface area contributed by atoms with E-state index in [1.54, 1.807) is 31.2 Å². The van der Waals surface area contributed by atoms with Crippen LogP contribution in [0.1, 0.15) is 30.5 Å². The van der Waals surface area contributed by atoms with Crippen LogP contribution in [-0.2, 0) is 11.2 Å². The molecule has 22 heavy (non-hydrogen) atoms. The second-order valence-electron chi connectivity index (χ2n) is 5.12. The molecule has 0 saturated carbocycles. The van der Waals surface area contributed by atoms with E-state index in [1.807, 2.05) is 0 Å². The molecule has 0 aromatic heterocycles. The topological polar surface area (TPSA) is 49.3 Å². The molecule has 1 atom stereocenters. The van der Waals surface area contributed by atoms with E-state index in [9.17, 15) is 18.7 Å². The molecule has 0 radical (unpaired) electrons. The highest BCUT2D eigenvalue weighted by atomic mass is 19.1. The molecule has 2 rings (SSSR count). The van der Waals surface area contributed by atoms with E-state index in [2.05, 4.69) is 5.32 Å². The number of nitrogens with one attached hydrogen (secondary N) is 1. The predicted octanol–water partition coefficient (Wildman–Crippen LogP) is 3.48. The van der Waals surface area contributed by atoms with Crippen molar-refractivity contribution in [1.82, 2.24) is 5.32 Å². The molecule has 2 aromatic carbocycles. The van der Waals surface area contributed by atoms with Gasteiger partial charge in [0, 0.05) is 18.1 Å². The molecule has 0 bridgehead atoms. The number of phenols is 1. The molecule has 1 amide bonds. The fourth-order valence-corrected chi connectivity index (χ4v) is 2.16. The zero-order chi connectivity index (χ0) is 16.1. The summed E-state index contributed by atoms with van der Waals surface area (Å²) in [5, 5.41) is 11.9. The van der Waals surface area contributed by atoms with Crippen LogP contribution in [-0.4, -0.2) is 11.0 Å². The molecule has 5 heteroatoms. The number of rotatable bonds is 5. The summed E-state index contributed by atoms with van der Waals surface area (Å²) in [6.45, 7) is 1.65. The minimum atomic E-state index is -0.675. The van der Waals surface area contributed by atoms with Crippen LogP contribution in [0.15, 0.2) is 42.5 Å². The molecular weight excluding hydrogens is 288 g/mol. The SMILES string of the molecule is CC(NC(=O)CCc1ccc(O)cc1)c1ccc(F)cc1F. The molecule has 0 aliphatic heterocycles. The lowest BCUT2D eigenvalue weighted by Crippen LogP contribution is -2.27. The molecule has 0 saturated heterocycles. The Balaban J connectivity index is 1.89. The lowest BCUT2D eigenvalue weighted by atomic mass is 10.1. The highest BCUT2D eigenvalue weighted by Gasteiger charge is 2.14. The van der Waals surface area contributed by atoms with E-state index in [1.165, 1.54) is 6.07 Å². The van der Waals surface area contributed by atoms with Crippen LogP contribution < -0.4 is 5.32 Å². The van der Waals surface area contributed by atoms with Crippen molar-refractivity contribution < 1.29 is 18.7 Å². The molecule has 0 heterocycles. The molecule has 1 unspecified atom stereocenters. The number of carbonyl (C=O) groups excluding carboxylic acids is 1. The van der Waals surface area contributed by atoms with E-state index in [-0.39, 0.29) is 23.6 Å². The first-order chi connectivity index (χ1) is 10.5. The van der Waals surface area contributed by atoms with E-state index in [0.29, 0.717) is 6.42 Å². The Morgan fingerprint density at radius 3 is 2.50 bits per heavy atom.